The van der Waals surface area contributed by atoms with E-state index in [9.17, 15) is 4.79 Å². The lowest BCUT2D eigenvalue weighted by Gasteiger charge is -2.14. The highest BCUT2D eigenvalue weighted by Crippen LogP contribution is 2.09. The highest BCUT2D eigenvalue weighted by Gasteiger charge is 2.09. The number of hydrogen-bond acceptors (Lipinski definition) is 2. The van der Waals surface area contributed by atoms with Crippen LogP contribution in [0.2, 0.25) is 0 Å². The lowest BCUT2D eigenvalue weighted by atomic mass is 10.0. The van der Waals surface area contributed by atoms with Gasteiger partial charge in [0.15, 0.2) is 0 Å². The maximum absolute atomic E-state index is 12.0. The maximum atomic E-state index is 12.0. The van der Waals surface area contributed by atoms with Gasteiger partial charge < -0.3 is 11.1 Å². The lowest BCUT2D eigenvalue weighted by molar-refractivity contribution is 0.0938. The van der Waals surface area contributed by atoms with Gasteiger partial charge in [-0.2, -0.15) is 0 Å². The molecule has 0 spiro atoms. The van der Waals surface area contributed by atoms with Crippen molar-refractivity contribution in [3.8, 4) is 0 Å². The van der Waals surface area contributed by atoms with Crippen LogP contribution in [0.15, 0.2) is 24.3 Å². The van der Waals surface area contributed by atoms with Gasteiger partial charge in [0.1, 0.15) is 0 Å². The molecule has 114 valence electrons. The fraction of sp³-hybridized carbons (Fsp3) is 0.562. The van der Waals surface area contributed by atoms with Crippen molar-refractivity contribution in [1.82, 2.24) is 5.32 Å². The molecule has 0 aromatic heterocycles. The average Bonchev–Trinajstić information content (AvgIpc) is 2.38. The van der Waals surface area contributed by atoms with Crippen molar-refractivity contribution in [2.75, 3.05) is 0 Å². The third kappa shape index (κ3) is 6.92. The fourth-order valence-electron chi connectivity index (χ4n) is 2.00. The van der Waals surface area contributed by atoms with Gasteiger partial charge >= 0.3 is 0 Å². The molecule has 0 aliphatic heterocycles. The Morgan fingerprint density at radius 3 is 2.25 bits per heavy atom. The summed E-state index contributed by atoms with van der Waals surface area (Å²) < 4.78 is 0. The molecule has 0 radical (unpaired) electrons. The van der Waals surface area contributed by atoms with E-state index in [1.807, 2.05) is 24.3 Å². The van der Waals surface area contributed by atoms with Crippen LogP contribution in [0.1, 0.15) is 56.0 Å². The van der Waals surface area contributed by atoms with E-state index in [0.717, 1.165) is 24.3 Å². The van der Waals surface area contributed by atoms with Crippen LogP contribution in [0, 0.1) is 5.92 Å². The summed E-state index contributed by atoms with van der Waals surface area (Å²) in [6.07, 6.45) is 3.40. The van der Waals surface area contributed by atoms with E-state index in [1.54, 1.807) is 0 Å². The Morgan fingerprint density at radius 1 is 1.15 bits per heavy atom. The first-order valence-electron chi connectivity index (χ1n) is 7.12. The van der Waals surface area contributed by atoms with E-state index in [1.165, 1.54) is 6.42 Å². The number of rotatable bonds is 7. The zero-order valence-corrected chi connectivity index (χ0v) is 13.5. The smallest absolute Gasteiger partial charge is 0.251 e. The summed E-state index contributed by atoms with van der Waals surface area (Å²) >= 11 is 0. The topological polar surface area (TPSA) is 55.1 Å². The zero-order chi connectivity index (χ0) is 14.3. The number of nitrogens with two attached hydrogens (primary N) is 1. The van der Waals surface area contributed by atoms with Crippen molar-refractivity contribution in [2.45, 2.75) is 52.6 Å². The quantitative estimate of drug-likeness (QED) is 0.809. The van der Waals surface area contributed by atoms with Crippen LogP contribution in [0.3, 0.4) is 0 Å². The molecule has 3 nitrogen and oxygen atoms in total. The number of carbonyl (C=O) groups is 1. The SMILES string of the molecule is CC(C)CCCC(C)NC(=O)c1ccc(CN)cc1.Cl. The van der Waals surface area contributed by atoms with Crippen molar-refractivity contribution in [3.05, 3.63) is 35.4 Å². The Balaban J connectivity index is 0.00000361. The molecule has 1 unspecified atom stereocenters. The Kier molecular flexibility index (Phi) is 9.26. The number of hydrogen-bond donors (Lipinski definition) is 2. The zero-order valence-electron chi connectivity index (χ0n) is 12.7. The van der Waals surface area contributed by atoms with Gasteiger partial charge in [-0.05, 0) is 37.0 Å². The summed E-state index contributed by atoms with van der Waals surface area (Å²) in [4.78, 5) is 12.0. The van der Waals surface area contributed by atoms with Gasteiger partial charge in [0, 0.05) is 18.2 Å². The first kappa shape index (κ1) is 18.9. The van der Waals surface area contributed by atoms with E-state index in [-0.39, 0.29) is 24.4 Å². The second kappa shape index (κ2) is 9.78. The third-order valence-corrected chi connectivity index (χ3v) is 3.25. The molecule has 20 heavy (non-hydrogen) atoms. The molecular formula is C16H27ClN2O. The minimum Gasteiger partial charge on any atom is -0.350 e. The van der Waals surface area contributed by atoms with Crippen molar-refractivity contribution >= 4 is 18.3 Å². The molecule has 3 N–H and O–H groups in total. The van der Waals surface area contributed by atoms with Gasteiger partial charge in [0.05, 0.1) is 0 Å². The number of amides is 1. The Labute approximate surface area is 128 Å². The number of nitrogens with one attached hydrogen (secondary N) is 1. The molecule has 0 bridgehead atoms. The minimum atomic E-state index is 0. The minimum absolute atomic E-state index is 0. The molecule has 0 aliphatic carbocycles. The number of carbonyl (C=O) groups excluding carboxylic acids is 1. The summed E-state index contributed by atoms with van der Waals surface area (Å²) in [5.74, 6) is 0.729. The van der Waals surface area contributed by atoms with Crippen LogP contribution in [-0.4, -0.2) is 11.9 Å². The maximum Gasteiger partial charge on any atom is 0.251 e. The molecule has 1 rings (SSSR count). The van der Waals surface area contributed by atoms with Crippen molar-refractivity contribution < 1.29 is 4.79 Å². The Bertz CT molecular complexity index is 390. The summed E-state index contributed by atoms with van der Waals surface area (Å²) in [5, 5.41) is 3.04. The standard InChI is InChI=1S/C16H26N2O.ClH/c1-12(2)5-4-6-13(3)18-16(19)15-9-7-14(11-17)8-10-15;/h7-10,12-13H,4-6,11,17H2,1-3H3,(H,18,19);1H. The normalized spacial score (nSPS) is 11.8. The second-order valence-corrected chi connectivity index (χ2v) is 5.60. The summed E-state index contributed by atoms with van der Waals surface area (Å²) in [5.41, 5.74) is 7.28. The monoisotopic (exact) mass is 298 g/mol. The molecule has 0 saturated heterocycles. The van der Waals surface area contributed by atoms with Crippen LogP contribution in [0.25, 0.3) is 0 Å². The van der Waals surface area contributed by atoms with Gasteiger partial charge in [-0.3, -0.25) is 4.79 Å². The Hall–Kier alpha value is -1.06. The van der Waals surface area contributed by atoms with Crippen LogP contribution >= 0.6 is 12.4 Å². The Morgan fingerprint density at radius 2 is 1.75 bits per heavy atom. The van der Waals surface area contributed by atoms with Gasteiger partial charge in [-0.25, -0.2) is 0 Å². The van der Waals surface area contributed by atoms with E-state index < -0.39 is 0 Å². The summed E-state index contributed by atoms with van der Waals surface area (Å²) in [6, 6.07) is 7.69. The molecule has 1 aromatic rings. The molecule has 4 heteroatoms. The van der Waals surface area contributed by atoms with Crippen molar-refractivity contribution in [3.63, 3.8) is 0 Å². The molecule has 0 aliphatic rings. The molecule has 1 amide bonds. The highest BCUT2D eigenvalue weighted by molar-refractivity contribution is 5.94. The predicted molar refractivity (Wildman–Crippen MR) is 87.2 cm³/mol. The molecule has 1 atom stereocenters. The van der Waals surface area contributed by atoms with Crippen LogP contribution in [0.4, 0.5) is 0 Å². The fourth-order valence-corrected chi connectivity index (χ4v) is 2.00. The largest absolute Gasteiger partial charge is 0.350 e. The third-order valence-electron chi connectivity index (χ3n) is 3.25. The molecule has 1 aromatic carbocycles. The number of halogens is 1. The van der Waals surface area contributed by atoms with E-state index >= 15 is 0 Å². The first-order chi connectivity index (χ1) is 9.02. The first-order valence-corrected chi connectivity index (χ1v) is 7.12. The summed E-state index contributed by atoms with van der Waals surface area (Å²) in [6.45, 7) is 7.02. The van der Waals surface area contributed by atoms with E-state index in [0.29, 0.717) is 12.1 Å². The second-order valence-electron chi connectivity index (χ2n) is 5.60. The van der Waals surface area contributed by atoms with Crippen LogP contribution in [0.5, 0.6) is 0 Å². The van der Waals surface area contributed by atoms with Crippen LogP contribution in [-0.2, 0) is 6.54 Å². The molecule has 0 heterocycles. The van der Waals surface area contributed by atoms with Gasteiger partial charge in [-0.1, -0.05) is 38.8 Å². The van der Waals surface area contributed by atoms with Gasteiger partial charge in [-0.15, -0.1) is 12.4 Å². The van der Waals surface area contributed by atoms with Crippen LogP contribution < -0.4 is 11.1 Å². The predicted octanol–water partition coefficient (Wildman–Crippen LogP) is 3.51. The van der Waals surface area contributed by atoms with Gasteiger partial charge in [0.25, 0.3) is 5.91 Å². The average molecular weight is 299 g/mol. The number of benzene rings is 1. The molecule has 0 saturated carbocycles. The molecular weight excluding hydrogens is 272 g/mol. The van der Waals surface area contributed by atoms with E-state index in [4.69, 9.17) is 5.73 Å². The van der Waals surface area contributed by atoms with E-state index in [2.05, 4.69) is 26.1 Å². The van der Waals surface area contributed by atoms with Crippen molar-refractivity contribution in [2.24, 2.45) is 11.7 Å². The molecule has 0 fully saturated rings. The lowest BCUT2D eigenvalue weighted by Crippen LogP contribution is -2.32. The van der Waals surface area contributed by atoms with Crippen molar-refractivity contribution in [1.29, 1.82) is 0 Å². The summed E-state index contributed by atoms with van der Waals surface area (Å²) in [7, 11) is 0. The van der Waals surface area contributed by atoms with Gasteiger partial charge in [0.2, 0.25) is 0 Å². The highest BCUT2D eigenvalue weighted by atomic mass is 35.5.